The van der Waals surface area contributed by atoms with E-state index in [4.69, 9.17) is 11.6 Å². The number of thiophene rings is 1. The molecule has 0 saturated carbocycles. The highest BCUT2D eigenvalue weighted by Crippen LogP contribution is 2.34. The molecule has 3 rings (SSSR count). The number of fused-ring (bicyclic) bond motifs is 1. The van der Waals surface area contributed by atoms with E-state index in [-0.39, 0.29) is 23.7 Å². The zero-order chi connectivity index (χ0) is 21.9. The van der Waals surface area contributed by atoms with Crippen molar-refractivity contribution in [3.63, 3.8) is 0 Å². The van der Waals surface area contributed by atoms with E-state index in [0.717, 1.165) is 17.4 Å². The largest absolute Gasteiger partial charge is 0.433 e. The molecule has 0 atom stereocenters. The first-order chi connectivity index (χ1) is 14.1. The fourth-order valence-corrected chi connectivity index (χ4v) is 3.98. The number of carbonyl (C=O) groups excluding carboxylic acids is 2. The lowest BCUT2D eigenvalue weighted by atomic mass is 10.1. The van der Waals surface area contributed by atoms with Crippen LogP contribution in [0.3, 0.4) is 0 Å². The predicted molar refractivity (Wildman–Crippen MR) is 111 cm³/mol. The summed E-state index contributed by atoms with van der Waals surface area (Å²) in [5.41, 5.74) is 0.212. The van der Waals surface area contributed by atoms with Crippen LogP contribution in [-0.4, -0.2) is 23.3 Å². The summed E-state index contributed by atoms with van der Waals surface area (Å²) < 4.78 is 38.5. The number of aryl methyl sites for hydroxylation is 1. The fourth-order valence-electron chi connectivity index (χ4n) is 2.76. The molecule has 158 valence electrons. The third-order valence-electron chi connectivity index (χ3n) is 4.29. The lowest BCUT2D eigenvalue weighted by Gasteiger charge is -2.06. The molecule has 0 aliphatic heterocycles. The molecule has 0 spiro atoms. The molecular formula is C20H17ClF3N3O2S. The maximum atomic E-state index is 12.8. The molecule has 2 amide bonds. The molecule has 30 heavy (non-hydrogen) atoms. The van der Waals surface area contributed by atoms with Gasteiger partial charge in [-0.3, -0.25) is 9.59 Å². The molecule has 1 aromatic carbocycles. The SMILES string of the molecule is Cc1c(C(=O)NCCCC(=O)Nc2ccc(Cl)cc2)sc2nc(C(F)(F)F)ccc12. The Bertz CT molecular complexity index is 1080. The topological polar surface area (TPSA) is 71.1 Å². The van der Waals surface area contributed by atoms with Gasteiger partial charge in [0.25, 0.3) is 5.91 Å². The number of hydrogen-bond donors (Lipinski definition) is 2. The number of benzene rings is 1. The summed E-state index contributed by atoms with van der Waals surface area (Å²) >= 11 is 6.71. The monoisotopic (exact) mass is 455 g/mol. The van der Waals surface area contributed by atoms with Crippen molar-refractivity contribution in [2.45, 2.75) is 25.9 Å². The Balaban J connectivity index is 1.54. The number of nitrogens with zero attached hydrogens (tertiary/aromatic N) is 1. The molecule has 5 nitrogen and oxygen atoms in total. The molecule has 0 aliphatic rings. The average molecular weight is 456 g/mol. The molecule has 2 N–H and O–H groups in total. The van der Waals surface area contributed by atoms with Gasteiger partial charge in [-0.2, -0.15) is 13.2 Å². The van der Waals surface area contributed by atoms with Crippen LogP contribution in [0.15, 0.2) is 36.4 Å². The summed E-state index contributed by atoms with van der Waals surface area (Å²) in [6.45, 7) is 1.92. The van der Waals surface area contributed by atoms with E-state index in [1.54, 1.807) is 31.2 Å². The first kappa shape index (κ1) is 22.0. The second kappa shape index (κ2) is 9.01. The molecule has 0 fully saturated rings. The van der Waals surface area contributed by atoms with Crippen LogP contribution in [0.25, 0.3) is 10.2 Å². The van der Waals surface area contributed by atoms with Crippen LogP contribution in [0.1, 0.15) is 33.8 Å². The maximum Gasteiger partial charge on any atom is 0.433 e. The van der Waals surface area contributed by atoms with Crippen molar-refractivity contribution in [3.8, 4) is 0 Å². The van der Waals surface area contributed by atoms with E-state index in [2.05, 4.69) is 15.6 Å². The molecule has 2 aromatic heterocycles. The highest BCUT2D eigenvalue weighted by atomic mass is 35.5. The van der Waals surface area contributed by atoms with Gasteiger partial charge in [-0.15, -0.1) is 11.3 Å². The Morgan fingerprint density at radius 1 is 1.13 bits per heavy atom. The number of anilines is 1. The molecule has 3 aromatic rings. The second-order valence-electron chi connectivity index (χ2n) is 6.52. The highest BCUT2D eigenvalue weighted by molar-refractivity contribution is 7.20. The standard InChI is InChI=1S/C20H17ClF3N3O2S/c1-11-14-8-9-15(20(22,23)24)27-19(14)30-17(11)18(29)25-10-2-3-16(28)26-13-6-4-12(21)5-7-13/h4-9H,2-3,10H2,1H3,(H,25,29)(H,26,28). The highest BCUT2D eigenvalue weighted by Gasteiger charge is 2.33. The molecule has 0 bridgehead atoms. The first-order valence-electron chi connectivity index (χ1n) is 8.96. The Hall–Kier alpha value is -2.65. The van der Waals surface area contributed by atoms with Gasteiger partial charge in [0.15, 0.2) is 0 Å². The quantitative estimate of drug-likeness (QED) is 0.487. The molecule has 10 heteroatoms. The molecule has 0 unspecified atom stereocenters. The van der Waals surface area contributed by atoms with Crippen molar-refractivity contribution in [1.29, 1.82) is 0 Å². The fraction of sp³-hybridized carbons (Fsp3) is 0.250. The molecule has 0 aliphatic carbocycles. The van der Waals surface area contributed by atoms with Crippen molar-refractivity contribution in [2.75, 3.05) is 11.9 Å². The van der Waals surface area contributed by atoms with Gasteiger partial charge in [-0.1, -0.05) is 11.6 Å². The Morgan fingerprint density at radius 2 is 1.83 bits per heavy atom. The van der Waals surface area contributed by atoms with Crippen molar-refractivity contribution in [1.82, 2.24) is 10.3 Å². The van der Waals surface area contributed by atoms with E-state index in [9.17, 15) is 22.8 Å². The van der Waals surface area contributed by atoms with Crippen molar-refractivity contribution >= 4 is 50.7 Å². The van der Waals surface area contributed by atoms with Gasteiger partial charge in [0.05, 0.1) is 4.88 Å². The number of halogens is 4. The van der Waals surface area contributed by atoms with Crippen molar-refractivity contribution in [3.05, 3.63) is 57.6 Å². The third-order valence-corrected chi connectivity index (χ3v) is 5.75. The van der Waals surface area contributed by atoms with Gasteiger partial charge in [0.2, 0.25) is 5.91 Å². The number of aromatic nitrogens is 1. The zero-order valence-electron chi connectivity index (χ0n) is 15.8. The summed E-state index contributed by atoms with van der Waals surface area (Å²) in [5, 5.41) is 6.50. The number of nitrogens with one attached hydrogen (secondary N) is 2. The lowest BCUT2D eigenvalue weighted by molar-refractivity contribution is -0.140. The number of carbonyl (C=O) groups is 2. The zero-order valence-corrected chi connectivity index (χ0v) is 17.3. The minimum Gasteiger partial charge on any atom is -0.351 e. The van der Waals surface area contributed by atoms with Gasteiger partial charge in [0, 0.05) is 29.1 Å². The summed E-state index contributed by atoms with van der Waals surface area (Å²) in [5.74, 6) is -0.601. The second-order valence-corrected chi connectivity index (χ2v) is 7.95. The van der Waals surface area contributed by atoms with E-state index in [1.165, 1.54) is 6.07 Å². The summed E-state index contributed by atoms with van der Waals surface area (Å²) in [4.78, 5) is 28.5. The van der Waals surface area contributed by atoms with Crippen LogP contribution in [0.4, 0.5) is 18.9 Å². The Morgan fingerprint density at radius 3 is 2.50 bits per heavy atom. The number of alkyl halides is 3. The van der Waals surface area contributed by atoms with E-state index in [0.29, 0.717) is 33.0 Å². The third kappa shape index (κ3) is 5.28. The van der Waals surface area contributed by atoms with Gasteiger partial charge in [-0.05, 0) is 55.3 Å². The van der Waals surface area contributed by atoms with E-state index >= 15 is 0 Å². The number of hydrogen-bond acceptors (Lipinski definition) is 4. The smallest absolute Gasteiger partial charge is 0.351 e. The summed E-state index contributed by atoms with van der Waals surface area (Å²) in [6.07, 6.45) is -3.93. The molecule has 0 saturated heterocycles. The Kier molecular flexibility index (Phi) is 6.62. The van der Waals surface area contributed by atoms with Gasteiger partial charge in [0.1, 0.15) is 10.5 Å². The van der Waals surface area contributed by atoms with Crippen LogP contribution in [0, 0.1) is 6.92 Å². The van der Waals surface area contributed by atoms with E-state index < -0.39 is 17.8 Å². The van der Waals surface area contributed by atoms with Gasteiger partial charge < -0.3 is 10.6 Å². The van der Waals surface area contributed by atoms with Crippen LogP contribution in [0.2, 0.25) is 5.02 Å². The van der Waals surface area contributed by atoms with Crippen LogP contribution < -0.4 is 10.6 Å². The molecule has 2 heterocycles. The first-order valence-corrected chi connectivity index (χ1v) is 10.2. The average Bonchev–Trinajstić information content (AvgIpc) is 3.02. The lowest BCUT2D eigenvalue weighted by Crippen LogP contribution is -2.25. The number of rotatable bonds is 6. The maximum absolute atomic E-state index is 12.8. The minimum absolute atomic E-state index is 0.162. The normalized spacial score (nSPS) is 11.5. The minimum atomic E-state index is -4.54. The van der Waals surface area contributed by atoms with Crippen LogP contribution in [-0.2, 0) is 11.0 Å². The van der Waals surface area contributed by atoms with Crippen molar-refractivity contribution < 1.29 is 22.8 Å². The number of amides is 2. The molecule has 0 radical (unpaired) electrons. The number of pyridine rings is 1. The molecular weight excluding hydrogens is 439 g/mol. The van der Waals surface area contributed by atoms with Crippen molar-refractivity contribution in [2.24, 2.45) is 0 Å². The van der Waals surface area contributed by atoms with Gasteiger partial charge >= 0.3 is 6.18 Å². The predicted octanol–water partition coefficient (Wildman–Crippen LogP) is 5.43. The van der Waals surface area contributed by atoms with Crippen LogP contribution >= 0.6 is 22.9 Å². The summed E-state index contributed by atoms with van der Waals surface area (Å²) in [6, 6.07) is 8.93. The van der Waals surface area contributed by atoms with Gasteiger partial charge in [-0.25, -0.2) is 4.98 Å². The van der Waals surface area contributed by atoms with Crippen LogP contribution in [0.5, 0.6) is 0 Å². The summed E-state index contributed by atoms with van der Waals surface area (Å²) in [7, 11) is 0. The van der Waals surface area contributed by atoms with E-state index in [1.807, 2.05) is 0 Å². The Labute approximate surface area is 179 Å².